The minimum absolute atomic E-state index is 0.0506. The Bertz CT molecular complexity index is 785. The number of ether oxygens (including phenoxy) is 2. The van der Waals surface area contributed by atoms with Crippen LogP contribution in [-0.2, 0) is 6.42 Å². The maximum absolute atomic E-state index is 10.1. The lowest BCUT2D eigenvalue weighted by molar-refractivity contribution is 0.326. The van der Waals surface area contributed by atoms with Crippen LogP contribution in [0.1, 0.15) is 22.7 Å². The van der Waals surface area contributed by atoms with E-state index in [2.05, 4.69) is 4.90 Å². The van der Waals surface area contributed by atoms with E-state index < -0.39 is 0 Å². The number of phenolic OH excluding ortho intramolecular Hbond substituents is 2. The fourth-order valence-electron chi connectivity index (χ4n) is 3.06. The second-order valence-electron chi connectivity index (χ2n) is 5.86. The lowest BCUT2D eigenvalue weighted by Gasteiger charge is -2.32. The molecular formula is C19H21NO4. The zero-order chi connectivity index (χ0) is 17.3. The van der Waals surface area contributed by atoms with Crippen LogP contribution in [0, 0.1) is 0 Å². The molecule has 0 fully saturated rings. The molecule has 2 aromatic carbocycles. The first kappa shape index (κ1) is 16.1. The average Bonchev–Trinajstić information content (AvgIpc) is 2.57. The molecule has 1 aliphatic rings. The van der Waals surface area contributed by atoms with E-state index in [9.17, 15) is 10.2 Å². The molecule has 2 N–H and O–H groups in total. The highest BCUT2D eigenvalue weighted by Crippen LogP contribution is 2.39. The molecule has 5 heteroatoms. The van der Waals surface area contributed by atoms with Crippen molar-refractivity contribution in [2.24, 2.45) is 0 Å². The van der Waals surface area contributed by atoms with Gasteiger partial charge in [0.25, 0.3) is 0 Å². The Hall–Kier alpha value is -2.82. The summed E-state index contributed by atoms with van der Waals surface area (Å²) in [6, 6.07) is 9.06. The lowest BCUT2D eigenvalue weighted by atomic mass is 9.91. The molecular weight excluding hydrogens is 306 g/mol. The van der Waals surface area contributed by atoms with Crippen LogP contribution in [-0.4, -0.2) is 36.4 Å². The molecule has 1 heterocycles. The van der Waals surface area contributed by atoms with Crippen molar-refractivity contribution >= 4 is 6.08 Å². The summed E-state index contributed by atoms with van der Waals surface area (Å²) < 4.78 is 10.3. The largest absolute Gasteiger partial charge is 0.504 e. The summed E-state index contributed by atoms with van der Waals surface area (Å²) in [6.45, 7) is 0. The maximum Gasteiger partial charge on any atom is 0.161 e. The topological polar surface area (TPSA) is 62.2 Å². The zero-order valence-corrected chi connectivity index (χ0v) is 14.0. The quantitative estimate of drug-likeness (QED) is 0.902. The van der Waals surface area contributed by atoms with Crippen molar-refractivity contribution in [3.63, 3.8) is 0 Å². The van der Waals surface area contributed by atoms with E-state index >= 15 is 0 Å². The number of nitrogens with zero attached hydrogens (tertiary/aromatic N) is 1. The number of phenols is 2. The number of likely N-dealkylation sites (N-methyl/N-ethyl adjacent to an activating group) is 1. The van der Waals surface area contributed by atoms with Crippen LogP contribution in [0.3, 0.4) is 0 Å². The van der Waals surface area contributed by atoms with Crippen LogP contribution in [0.5, 0.6) is 23.0 Å². The van der Waals surface area contributed by atoms with Gasteiger partial charge in [0, 0.05) is 7.05 Å². The first-order chi connectivity index (χ1) is 11.5. The monoisotopic (exact) mass is 327 g/mol. The highest BCUT2D eigenvalue weighted by Gasteiger charge is 2.24. The molecule has 0 spiro atoms. The van der Waals surface area contributed by atoms with Gasteiger partial charge in [-0.2, -0.15) is 0 Å². The fourth-order valence-corrected chi connectivity index (χ4v) is 3.06. The van der Waals surface area contributed by atoms with Crippen LogP contribution in [0.15, 0.2) is 36.5 Å². The molecule has 0 amide bonds. The molecule has 1 atom stereocenters. The Kier molecular flexibility index (Phi) is 4.25. The predicted molar refractivity (Wildman–Crippen MR) is 92.6 cm³/mol. The summed E-state index contributed by atoms with van der Waals surface area (Å²) in [4.78, 5) is 2.09. The highest BCUT2D eigenvalue weighted by molar-refractivity contribution is 5.62. The van der Waals surface area contributed by atoms with Crippen molar-refractivity contribution in [3.8, 4) is 23.0 Å². The van der Waals surface area contributed by atoms with Crippen molar-refractivity contribution in [3.05, 3.63) is 53.2 Å². The van der Waals surface area contributed by atoms with Crippen molar-refractivity contribution in [1.29, 1.82) is 0 Å². The van der Waals surface area contributed by atoms with Crippen LogP contribution < -0.4 is 9.47 Å². The molecule has 0 aliphatic carbocycles. The van der Waals surface area contributed by atoms with Crippen molar-refractivity contribution in [2.45, 2.75) is 12.5 Å². The number of hydrogen-bond acceptors (Lipinski definition) is 5. The summed E-state index contributed by atoms with van der Waals surface area (Å²) >= 11 is 0. The summed E-state index contributed by atoms with van der Waals surface area (Å²) in [5, 5.41) is 20.1. The zero-order valence-electron chi connectivity index (χ0n) is 14.0. The van der Waals surface area contributed by atoms with E-state index in [4.69, 9.17) is 9.47 Å². The van der Waals surface area contributed by atoms with Crippen molar-refractivity contribution in [1.82, 2.24) is 4.90 Å². The minimum Gasteiger partial charge on any atom is -0.504 e. The van der Waals surface area contributed by atoms with E-state index in [1.807, 2.05) is 31.5 Å². The number of aromatic hydroxyl groups is 2. The highest BCUT2D eigenvalue weighted by atomic mass is 16.5. The van der Waals surface area contributed by atoms with E-state index in [1.165, 1.54) is 14.2 Å². The minimum atomic E-state index is 0.0506. The molecule has 0 radical (unpaired) electrons. The second-order valence-corrected chi connectivity index (χ2v) is 5.86. The normalized spacial score (nSPS) is 16.0. The van der Waals surface area contributed by atoms with Crippen LogP contribution in [0.2, 0.25) is 0 Å². The summed E-state index contributed by atoms with van der Waals surface area (Å²) in [6.07, 6.45) is 4.70. The summed E-state index contributed by atoms with van der Waals surface area (Å²) in [5.74, 6) is 1.17. The number of methoxy groups -OCH3 is 2. The molecule has 2 aromatic rings. The molecule has 0 bridgehead atoms. The van der Waals surface area contributed by atoms with E-state index in [-0.39, 0.29) is 17.5 Å². The number of benzene rings is 2. The molecule has 1 aliphatic heterocycles. The third kappa shape index (κ3) is 2.85. The van der Waals surface area contributed by atoms with E-state index in [0.717, 1.165) is 16.7 Å². The molecule has 0 saturated carbocycles. The van der Waals surface area contributed by atoms with E-state index in [1.54, 1.807) is 18.2 Å². The Morgan fingerprint density at radius 1 is 1.00 bits per heavy atom. The van der Waals surface area contributed by atoms with Crippen molar-refractivity contribution in [2.75, 3.05) is 21.3 Å². The van der Waals surface area contributed by atoms with Gasteiger partial charge in [-0.3, -0.25) is 0 Å². The van der Waals surface area contributed by atoms with Gasteiger partial charge in [-0.1, -0.05) is 6.07 Å². The Labute approximate surface area is 141 Å². The molecule has 0 aromatic heterocycles. The molecule has 0 saturated heterocycles. The summed E-state index contributed by atoms with van der Waals surface area (Å²) in [5.41, 5.74) is 3.03. The first-order valence-electron chi connectivity index (χ1n) is 7.70. The van der Waals surface area contributed by atoms with Crippen LogP contribution in [0.25, 0.3) is 6.08 Å². The average molecular weight is 327 g/mol. The third-order valence-electron chi connectivity index (χ3n) is 4.40. The third-order valence-corrected chi connectivity index (χ3v) is 4.40. The maximum atomic E-state index is 10.1. The SMILES string of the molecule is COc1ccc(C[C@H]2c3cc(O)c(OC)cc3C=CN2C)cc1O. The van der Waals surface area contributed by atoms with Crippen LogP contribution >= 0.6 is 0 Å². The van der Waals surface area contributed by atoms with Gasteiger partial charge in [0.05, 0.1) is 20.3 Å². The van der Waals surface area contributed by atoms with Crippen LogP contribution in [0.4, 0.5) is 0 Å². The molecule has 24 heavy (non-hydrogen) atoms. The van der Waals surface area contributed by atoms with Gasteiger partial charge in [-0.15, -0.1) is 0 Å². The smallest absolute Gasteiger partial charge is 0.161 e. The van der Waals surface area contributed by atoms with Gasteiger partial charge in [0.2, 0.25) is 0 Å². The fraction of sp³-hybridized carbons (Fsp3) is 0.263. The van der Waals surface area contributed by atoms with Gasteiger partial charge < -0.3 is 24.6 Å². The van der Waals surface area contributed by atoms with E-state index in [0.29, 0.717) is 17.9 Å². The molecule has 5 nitrogen and oxygen atoms in total. The summed E-state index contributed by atoms with van der Waals surface area (Å²) in [7, 11) is 5.06. The Balaban J connectivity index is 1.95. The van der Waals surface area contributed by atoms with Gasteiger partial charge in [-0.25, -0.2) is 0 Å². The Morgan fingerprint density at radius 3 is 2.38 bits per heavy atom. The number of rotatable bonds is 4. The number of fused-ring (bicyclic) bond motifs is 1. The van der Waals surface area contributed by atoms with Gasteiger partial charge in [0.1, 0.15) is 0 Å². The standard InChI is InChI=1S/C19H21NO4/c1-20-7-6-13-10-19(24-3)17(22)11-14(13)15(20)8-12-4-5-18(23-2)16(21)9-12/h4-7,9-11,15,21-22H,8H2,1-3H3/t15-/m0/s1. The van der Waals surface area contributed by atoms with Crippen molar-refractivity contribution < 1.29 is 19.7 Å². The van der Waals surface area contributed by atoms with Gasteiger partial charge in [-0.05, 0) is 59.7 Å². The number of hydrogen-bond donors (Lipinski definition) is 2. The van der Waals surface area contributed by atoms with Gasteiger partial charge >= 0.3 is 0 Å². The molecule has 0 unspecified atom stereocenters. The Morgan fingerprint density at radius 2 is 1.71 bits per heavy atom. The van der Waals surface area contributed by atoms with Gasteiger partial charge in [0.15, 0.2) is 23.0 Å². The lowest BCUT2D eigenvalue weighted by Crippen LogP contribution is -2.24. The predicted octanol–water partition coefficient (Wildman–Crippen LogP) is 3.31. The molecule has 3 rings (SSSR count). The first-order valence-corrected chi connectivity index (χ1v) is 7.70. The molecule has 126 valence electrons. The second kappa shape index (κ2) is 6.35.